The van der Waals surface area contributed by atoms with Crippen LogP contribution in [0.25, 0.3) is 11.2 Å². The molecular weight excluding hydrogens is 204 g/mol. The lowest BCUT2D eigenvalue weighted by molar-refractivity contribution is 0.585. The third kappa shape index (κ3) is 1.86. The summed E-state index contributed by atoms with van der Waals surface area (Å²) in [6, 6.07) is 4.80. The summed E-state index contributed by atoms with van der Waals surface area (Å²) >= 11 is 0. The third-order valence-corrected chi connectivity index (χ3v) is 2.83. The summed E-state index contributed by atoms with van der Waals surface area (Å²) < 4.78 is 5.52. The Morgan fingerprint density at radius 3 is 3.38 bits per heavy atom. The number of fused-ring (bicyclic) bond motifs is 1. The highest BCUT2D eigenvalue weighted by atomic mass is 16.4. The molecule has 2 aromatic heterocycles. The van der Waals surface area contributed by atoms with Gasteiger partial charge in [0.05, 0.1) is 0 Å². The third-order valence-electron chi connectivity index (χ3n) is 2.83. The van der Waals surface area contributed by atoms with Crippen molar-refractivity contribution in [2.75, 3.05) is 18.4 Å². The van der Waals surface area contributed by atoms with Crippen molar-refractivity contribution in [3.8, 4) is 0 Å². The molecule has 2 N–H and O–H groups in total. The number of rotatable bonds is 3. The highest BCUT2D eigenvalue weighted by molar-refractivity contribution is 5.69. The van der Waals surface area contributed by atoms with Gasteiger partial charge in [0.2, 0.25) is 5.65 Å². The van der Waals surface area contributed by atoms with Gasteiger partial charge in [0.25, 0.3) is 6.01 Å². The number of anilines is 1. The predicted molar refractivity (Wildman–Crippen MR) is 61.3 cm³/mol. The first-order valence-electron chi connectivity index (χ1n) is 5.60. The maximum absolute atomic E-state index is 5.52. The molecule has 0 bridgehead atoms. The van der Waals surface area contributed by atoms with Crippen molar-refractivity contribution in [3.05, 3.63) is 18.3 Å². The van der Waals surface area contributed by atoms with Crippen LogP contribution in [0.1, 0.15) is 12.8 Å². The van der Waals surface area contributed by atoms with Gasteiger partial charge < -0.3 is 15.1 Å². The van der Waals surface area contributed by atoms with Gasteiger partial charge in [-0.15, -0.1) is 0 Å². The first-order chi connectivity index (χ1) is 7.92. The minimum Gasteiger partial charge on any atom is -0.422 e. The number of hydrogen-bond acceptors (Lipinski definition) is 5. The molecule has 1 aliphatic heterocycles. The zero-order valence-corrected chi connectivity index (χ0v) is 8.94. The predicted octanol–water partition coefficient (Wildman–Crippen LogP) is 1.39. The number of nitrogens with one attached hydrogen (secondary N) is 2. The Hall–Kier alpha value is -1.62. The first kappa shape index (κ1) is 9.59. The van der Waals surface area contributed by atoms with E-state index < -0.39 is 0 Å². The lowest BCUT2D eigenvalue weighted by atomic mass is 10.2. The van der Waals surface area contributed by atoms with Crippen molar-refractivity contribution in [1.29, 1.82) is 0 Å². The standard InChI is InChI=1S/C11H14N4O/c1-3-8(12-5-1)7-14-11-15-10-9(16-11)4-2-6-13-10/h2,4,6,8,12H,1,3,5,7H2,(H,13,14,15). The highest BCUT2D eigenvalue weighted by Gasteiger charge is 2.14. The average molecular weight is 218 g/mol. The maximum atomic E-state index is 5.52. The van der Waals surface area contributed by atoms with Crippen molar-refractivity contribution < 1.29 is 4.42 Å². The molecule has 1 fully saturated rings. The van der Waals surface area contributed by atoms with E-state index in [9.17, 15) is 0 Å². The van der Waals surface area contributed by atoms with E-state index >= 15 is 0 Å². The molecule has 0 saturated carbocycles. The molecule has 84 valence electrons. The van der Waals surface area contributed by atoms with Gasteiger partial charge in [-0.1, -0.05) is 0 Å². The Bertz CT molecular complexity index is 443. The SMILES string of the molecule is c1cnc2nc(NCC3CCCN3)oc2c1. The van der Waals surface area contributed by atoms with E-state index in [0.717, 1.165) is 18.7 Å². The van der Waals surface area contributed by atoms with E-state index in [-0.39, 0.29) is 0 Å². The van der Waals surface area contributed by atoms with Gasteiger partial charge in [-0.3, -0.25) is 0 Å². The second kappa shape index (κ2) is 4.09. The van der Waals surface area contributed by atoms with E-state index in [1.54, 1.807) is 6.20 Å². The molecular formula is C11H14N4O. The zero-order valence-electron chi connectivity index (χ0n) is 8.94. The molecule has 1 aliphatic rings. The Balaban J connectivity index is 1.69. The Morgan fingerprint density at radius 1 is 1.56 bits per heavy atom. The lowest BCUT2D eigenvalue weighted by Crippen LogP contribution is -2.29. The van der Waals surface area contributed by atoms with E-state index in [4.69, 9.17) is 4.42 Å². The van der Waals surface area contributed by atoms with Crippen LogP contribution in [0, 0.1) is 0 Å². The molecule has 16 heavy (non-hydrogen) atoms. The zero-order chi connectivity index (χ0) is 10.8. The summed E-state index contributed by atoms with van der Waals surface area (Å²) in [4.78, 5) is 8.38. The molecule has 5 nitrogen and oxygen atoms in total. The van der Waals surface area contributed by atoms with Gasteiger partial charge in [-0.05, 0) is 31.5 Å². The van der Waals surface area contributed by atoms with Gasteiger partial charge in [-0.2, -0.15) is 4.98 Å². The molecule has 0 amide bonds. The van der Waals surface area contributed by atoms with Crippen LogP contribution in [0.3, 0.4) is 0 Å². The molecule has 5 heteroatoms. The van der Waals surface area contributed by atoms with E-state index in [1.165, 1.54) is 12.8 Å². The fourth-order valence-electron chi connectivity index (χ4n) is 1.99. The summed E-state index contributed by atoms with van der Waals surface area (Å²) in [7, 11) is 0. The molecule has 3 heterocycles. The van der Waals surface area contributed by atoms with E-state index in [2.05, 4.69) is 20.6 Å². The van der Waals surface area contributed by atoms with Crippen molar-refractivity contribution >= 4 is 17.2 Å². The van der Waals surface area contributed by atoms with Crippen LogP contribution in [-0.4, -0.2) is 29.1 Å². The number of hydrogen-bond donors (Lipinski definition) is 2. The van der Waals surface area contributed by atoms with Gasteiger partial charge in [0.1, 0.15) is 0 Å². The van der Waals surface area contributed by atoms with E-state index in [0.29, 0.717) is 17.7 Å². The van der Waals surface area contributed by atoms with Crippen LogP contribution in [0.5, 0.6) is 0 Å². The lowest BCUT2D eigenvalue weighted by Gasteiger charge is -2.08. The van der Waals surface area contributed by atoms with Crippen LogP contribution in [0.2, 0.25) is 0 Å². The van der Waals surface area contributed by atoms with E-state index in [1.807, 2.05) is 12.1 Å². The molecule has 0 aliphatic carbocycles. The first-order valence-corrected chi connectivity index (χ1v) is 5.60. The summed E-state index contributed by atoms with van der Waals surface area (Å²) in [5.41, 5.74) is 1.38. The largest absolute Gasteiger partial charge is 0.422 e. The summed E-state index contributed by atoms with van der Waals surface area (Å²) in [6.45, 7) is 1.97. The van der Waals surface area contributed by atoms with Crippen LogP contribution < -0.4 is 10.6 Å². The summed E-state index contributed by atoms with van der Waals surface area (Å²) in [5.74, 6) is 0. The fourth-order valence-corrected chi connectivity index (χ4v) is 1.99. The molecule has 0 aromatic carbocycles. The molecule has 1 unspecified atom stereocenters. The second-order valence-electron chi connectivity index (χ2n) is 4.02. The number of nitrogens with zero attached hydrogens (tertiary/aromatic N) is 2. The minimum atomic E-state index is 0.531. The summed E-state index contributed by atoms with van der Waals surface area (Å²) in [6.07, 6.45) is 4.18. The molecule has 0 spiro atoms. The van der Waals surface area contributed by atoms with Gasteiger partial charge in [0, 0.05) is 18.8 Å². The molecule has 0 radical (unpaired) electrons. The quantitative estimate of drug-likeness (QED) is 0.815. The minimum absolute atomic E-state index is 0.531. The van der Waals surface area contributed by atoms with Crippen molar-refractivity contribution in [1.82, 2.24) is 15.3 Å². The Morgan fingerprint density at radius 2 is 2.56 bits per heavy atom. The Kier molecular flexibility index (Phi) is 2.46. The van der Waals surface area contributed by atoms with Crippen molar-refractivity contribution in [2.24, 2.45) is 0 Å². The number of aromatic nitrogens is 2. The Labute approximate surface area is 93.3 Å². The second-order valence-corrected chi connectivity index (χ2v) is 4.02. The topological polar surface area (TPSA) is 63.0 Å². The van der Waals surface area contributed by atoms with Gasteiger partial charge in [-0.25, -0.2) is 4.98 Å². The normalized spacial score (nSPS) is 20.4. The smallest absolute Gasteiger partial charge is 0.297 e. The fraction of sp³-hybridized carbons (Fsp3) is 0.455. The van der Waals surface area contributed by atoms with Crippen LogP contribution in [0.4, 0.5) is 6.01 Å². The van der Waals surface area contributed by atoms with Crippen LogP contribution in [0.15, 0.2) is 22.7 Å². The van der Waals surface area contributed by atoms with Gasteiger partial charge >= 0.3 is 0 Å². The summed E-state index contributed by atoms with van der Waals surface area (Å²) in [5, 5.41) is 6.61. The highest BCUT2D eigenvalue weighted by Crippen LogP contribution is 2.16. The van der Waals surface area contributed by atoms with Crippen molar-refractivity contribution in [3.63, 3.8) is 0 Å². The molecule has 1 atom stereocenters. The van der Waals surface area contributed by atoms with Gasteiger partial charge in [0.15, 0.2) is 5.58 Å². The monoisotopic (exact) mass is 218 g/mol. The van der Waals surface area contributed by atoms with Crippen LogP contribution >= 0.6 is 0 Å². The average Bonchev–Trinajstić information content (AvgIpc) is 2.95. The number of pyridine rings is 1. The van der Waals surface area contributed by atoms with Crippen LogP contribution in [-0.2, 0) is 0 Å². The molecule has 2 aromatic rings. The number of oxazole rings is 1. The maximum Gasteiger partial charge on any atom is 0.297 e. The molecule has 3 rings (SSSR count). The molecule has 1 saturated heterocycles. The van der Waals surface area contributed by atoms with Crippen molar-refractivity contribution in [2.45, 2.75) is 18.9 Å².